The maximum Gasteiger partial charge on any atom is 0.220 e. The minimum absolute atomic E-state index is 0.232. The zero-order chi connectivity index (χ0) is 66.6. The van der Waals surface area contributed by atoms with E-state index in [9.17, 15) is 45.6 Å². The van der Waals surface area contributed by atoms with Crippen LogP contribution in [-0.2, 0) is 23.7 Å². The van der Waals surface area contributed by atoms with Crippen LogP contribution in [0.4, 0.5) is 0 Å². The summed E-state index contributed by atoms with van der Waals surface area (Å²) in [5.74, 6) is -0.281. The predicted molar refractivity (Wildman–Crippen MR) is 377 cm³/mol. The summed E-state index contributed by atoms with van der Waals surface area (Å²) in [6, 6.07) is -0.959. The molecule has 0 aromatic heterocycles. The van der Waals surface area contributed by atoms with E-state index >= 15 is 0 Å². The third kappa shape index (κ3) is 43.4. The molecule has 2 fully saturated rings. The van der Waals surface area contributed by atoms with Crippen LogP contribution in [-0.4, -0.2) is 140 Å². The molecule has 2 heterocycles. The van der Waals surface area contributed by atoms with Gasteiger partial charge in [0.05, 0.1) is 32.0 Å². The van der Waals surface area contributed by atoms with E-state index in [1.807, 2.05) is 6.08 Å². The number of rotatable bonds is 55. The zero-order valence-electron chi connectivity index (χ0n) is 56.5. The van der Waals surface area contributed by atoms with Gasteiger partial charge in [-0.3, -0.25) is 4.79 Å². The molecule has 2 aliphatic heterocycles. The first-order chi connectivity index (χ1) is 45.1. The summed E-state index contributed by atoms with van der Waals surface area (Å²) >= 11 is 0. The number of aliphatic hydroxyl groups is 8. The molecule has 2 aliphatic rings. The highest BCUT2D eigenvalue weighted by molar-refractivity contribution is 5.76. The summed E-state index contributed by atoms with van der Waals surface area (Å²) in [6.07, 6.45) is 76.9. The highest BCUT2D eigenvalue weighted by Crippen LogP contribution is 2.30. The van der Waals surface area contributed by atoms with Crippen LogP contribution in [0.25, 0.3) is 0 Å². The lowest BCUT2D eigenvalue weighted by atomic mass is 9.97. The van der Waals surface area contributed by atoms with E-state index < -0.39 is 86.8 Å². The van der Waals surface area contributed by atoms with Gasteiger partial charge in [0.15, 0.2) is 12.6 Å². The van der Waals surface area contributed by atoms with Crippen molar-refractivity contribution in [1.82, 2.24) is 5.32 Å². The number of hydrogen-bond donors (Lipinski definition) is 9. The molecule has 0 spiro atoms. The van der Waals surface area contributed by atoms with Gasteiger partial charge in [0, 0.05) is 6.42 Å². The normalized spacial score (nSPS) is 23.8. The Labute approximate surface area is 556 Å². The van der Waals surface area contributed by atoms with Crippen LogP contribution in [0.15, 0.2) is 170 Å². The minimum atomic E-state index is -1.80. The van der Waals surface area contributed by atoms with Crippen LogP contribution in [0, 0.1) is 0 Å². The van der Waals surface area contributed by atoms with Gasteiger partial charge in [-0.05, 0) is 122 Å². The molecule has 0 aromatic carbocycles. The molecule has 0 radical (unpaired) electrons. The Kier molecular flexibility index (Phi) is 54.5. The lowest BCUT2D eigenvalue weighted by Crippen LogP contribution is -2.65. The minimum Gasteiger partial charge on any atom is -0.394 e. The molecule has 520 valence electrons. The van der Waals surface area contributed by atoms with Crippen molar-refractivity contribution in [3.8, 4) is 0 Å². The molecular weight excluding hydrogens is 1160 g/mol. The Bertz CT molecular complexity index is 2200. The van der Waals surface area contributed by atoms with Crippen molar-refractivity contribution in [2.24, 2.45) is 0 Å². The molecule has 92 heavy (non-hydrogen) atoms. The van der Waals surface area contributed by atoms with Crippen LogP contribution in [0.1, 0.15) is 219 Å². The third-order valence-electron chi connectivity index (χ3n) is 15.9. The van der Waals surface area contributed by atoms with E-state index in [1.54, 1.807) is 6.08 Å². The van der Waals surface area contributed by atoms with E-state index in [0.29, 0.717) is 12.8 Å². The number of unbranched alkanes of at least 4 members (excludes halogenated alkanes) is 16. The molecule has 2 rings (SSSR count). The molecule has 1 amide bonds. The predicted octanol–water partition coefficient (Wildman–Crippen LogP) is 14.8. The molecule has 0 saturated carbocycles. The maximum absolute atomic E-state index is 13.3. The summed E-state index contributed by atoms with van der Waals surface area (Å²) in [4.78, 5) is 13.3. The lowest BCUT2D eigenvalue weighted by Gasteiger charge is -2.46. The largest absolute Gasteiger partial charge is 0.394 e. The van der Waals surface area contributed by atoms with E-state index in [1.165, 1.54) is 70.6 Å². The number of allylic oxidation sites excluding steroid dienone is 27. The maximum atomic E-state index is 13.3. The Morgan fingerprint density at radius 3 is 1.20 bits per heavy atom. The topological polar surface area (TPSA) is 228 Å². The van der Waals surface area contributed by atoms with Gasteiger partial charge in [0.1, 0.15) is 48.8 Å². The third-order valence-corrected chi connectivity index (χ3v) is 15.9. The van der Waals surface area contributed by atoms with E-state index in [0.717, 1.165) is 116 Å². The number of hydrogen-bond acceptors (Lipinski definition) is 13. The fraction of sp³-hybridized carbons (Fsp3) is 0.628. The van der Waals surface area contributed by atoms with Gasteiger partial charge in [0.25, 0.3) is 0 Å². The summed E-state index contributed by atoms with van der Waals surface area (Å²) in [6.45, 7) is 2.63. The second-order valence-corrected chi connectivity index (χ2v) is 23.9. The molecule has 0 bridgehead atoms. The number of nitrogens with one attached hydrogen (secondary N) is 1. The monoisotopic (exact) mass is 1280 g/mol. The smallest absolute Gasteiger partial charge is 0.220 e. The number of aliphatic hydroxyl groups excluding tert-OH is 8. The summed E-state index contributed by atoms with van der Waals surface area (Å²) in [5, 5.41) is 87.3. The van der Waals surface area contributed by atoms with Crippen LogP contribution < -0.4 is 5.32 Å². The van der Waals surface area contributed by atoms with Gasteiger partial charge in [-0.15, -0.1) is 0 Å². The average molecular weight is 1280 g/mol. The SMILES string of the molecule is CC/C=C\C/C=C\C/C=C\C/C=C\C/C=C\C/C=C\C/C=C\C/C=C\C/C=C\C/C=C\C/C=C\C/C=C\CCCCCCC(=O)NC(COC1OC(CO)C(OC2OC(CO)C(O)C(O)C2O)C(O)C1O)C(O)/C=C/CC/C=C/CCCCCCCCCCCCC. The van der Waals surface area contributed by atoms with Crippen LogP contribution >= 0.6 is 0 Å². The van der Waals surface area contributed by atoms with Crippen molar-refractivity contribution >= 4 is 5.91 Å². The molecule has 12 unspecified atom stereocenters. The van der Waals surface area contributed by atoms with E-state index in [2.05, 4.69) is 177 Å². The summed E-state index contributed by atoms with van der Waals surface area (Å²) < 4.78 is 22.8. The van der Waals surface area contributed by atoms with Crippen LogP contribution in [0.2, 0.25) is 0 Å². The van der Waals surface area contributed by atoms with E-state index in [4.69, 9.17) is 18.9 Å². The van der Waals surface area contributed by atoms with Gasteiger partial charge in [-0.2, -0.15) is 0 Å². The molecule has 0 aromatic rings. The van der Waals surface area contributed by atoms with Crippen LogP contribution in [0.5, 0.6) is 0 Å². The molecule has 2 saturated heterocycles. The van der Waals surface area contributed by atoms with E-state index in [-0.39, 0.29) is 18.9 Å². The lowest BCUT2D eigenvalue weighted by molar-refractivity contribution is -0.359. The molecule has 0 aliphatic carbocycles. The number of ether oxygens (including phenoxy) is 4. The fourth-order valence-corrected chi connectivity index (χ4v) is 10.3. The first kappa shape index (κ1) is 83.4. The van der Waals surface area contributed by atoms with Crippen molar-refractivity contribution in [2.45, 2.75) is 293 Å². The number of amides is 1. The zero-order valence-corrected chi connectivity index (χ0v) is 56.5. The van der Waals surface area contributed by atoms with Gasteiger partial charge < -0.3 is 65.1 Å². The summed E-state index contributed by atoms with van der Waals surface area (Å²) in [7, 11) is 0. The Balaban J connectivity index is 1.67. The highest BCUT2D eigenvalue weighted by atomic mass is 16.7. The molecule has 14 heteroatoms. The Morgan fingerprint density at radius 2 is 0.761 bits per heavy atom. The van der Waals surface area contributed by atoms with Gasteiger partial charge in [-0.25, -0.2) is 0 Å². The average Bonchev–Trinajstić information content (AvgIpc) is 0.856. The Hall–Kier alpha value is -4.65. The van der Waals surface area contributed by atoms with Gasteiger partial charge in [0.2, 0.25) is 5.91 Å². The molecule has 12 atom stereocenters. The summed E-state index contributed by atoms with van der Waals surface area (Å²) in [5.41, 5.74) is 0. The highest BCUT2D eigenvalue weighted by Gasteiger charge is 2.51. The standard InChI is InChI=1S/C78H125NO13/c1-3-5-7-9-11-13-15-17-19-21-22-23-24-25-26-27-28-29-30-31-32-33-34-35-36-37-38-39-40-41-42-43-44-46-48-50-52-54-56-58-60-62-70(83)79-66(67(82)61-59-57-55-53-51-49-47-45-20-18-16-14-12-10-8-6-4-2)65-89-77-75(88)73(86)76(69(64-81)91-77)92-78-74(87)72(85)71(84)68(63-80)90-78/h5,7,11,13,17,19,22-23,25-26,28-29,31-32,34-35,37-38,40-41,43-44,48,50-51,53,59,61,66-69,71-78,80-82,84-88H,3-4,6,8-10,12,14-16,18,20-21,24,27,30,33,36,39,42,45-47,49,52,54-58,60,62-65H2,1-2H3,(H,79,83)/b7-5-,13-11-,19-17-,23-22-,26-25-,29-28-,32-31-,35-34-,38-37-,41-40-,44-43-,50-48-,53-51+,61-59+. The van der Waals surface area contributed by atoms with Gasteiger partial charge >= 0.3 is 0 Å². The Morgan fingerprint density at radius 1 is 0.402 bits per heavy atom. The van der Waals surface area contributed by atoms with Crippen molar-refractivity contribution in [2.75, 3.05) is 19.8 Å². The number of carbonyl (C=O) groups is 1. The van der Waals surface area contributed by atoms with Crippen LogP contribution in [0.3, 0.4) is 0 Å². The fourth-order valence-electron chi connectivity index (χ4n) is 10.3. The first-order valence-electron chi connectivity index (χ1n) is 35.4. The molecule has 14 nitrogen and oxygen atoms in total. The van der Waals surface area contributed by atoms with Crippen molar-refractivity contribution in [3.63, 3.8) is 0 Å². The quantitative estimate of drug-likeness (QED) is 0.0204. The molecule has 9 N–H and O–H groups in total. The van der Waals surface area contributed by atoms with Crippen molar-refractivity contribution in [3.05, 3.63) is 170 Å². The first-order valence-corrected chi connectivity index (χ1v) is 35.4. The molecular formula is C78H125NO13. The second-order valence-electron chi connectivity index (χ2n) is 23.9. The van der Waals surface area contributed by atoms with Crippen molar-refractivity contribution < 1.29 is 64.6 Å². The second kappa shape index (κ2) is 60.0. The number of carbonyl (C=O) groups excluding carboxylic acids is 1. The van der Waals surface area contributed by atoms with Crippen molar-refractivity contribution in [1.29, 1.82) is 0 Å². The van der Waals surface area contributed by atoms with Gasteiger partial charge in [-0.1, -0.05) is 261 Å².